The summed E-state index contributed by atoms with van der Waals surface area (Å²) in [6.07, 6.45) is 5.39. The summed E-state index contributed by atoms with van der Waals surface area (Å²) in [6, 6.07) is 4.01. The van der Waals surface area contributed by atoms with E-state index in [0.29, 0.717) is 11.7 Å². The van der Waals surface area contributed by atoms with Gasteiger partial charge < -0.3 is 4.74 Å². The van der Waals surface area contributed by atoms with Crippen molar-refractivity contribution < 1.29 is 4.74 Å². The molecule has 0 unspecified atom stereocenters. The molecule has 0 aliphatic rings. The zero-order chi connectivity index (χ0) is 11.1. The lowest BCUT2D eigenvalue weighted by atomic mass is 10.1. The lowest BCUT2D eigenvalue weighted by Gasteiger charge is -2.04. The zero-order valence-electron chi connectivity index (χ0n) is 9.32. The van der Waals surface area contributed by atoms with Gasteiger partial charge in [0.05, 0.1) is 6.61 Å². The summed E-state index contributed by atoms with van der Waals surface area (Å²) >= 11 is 5.07. The average molecular weight is 223 g/mol. The van der Waals surface area contributed by atoms with Crippen molar-refractivity contribution in [1.82, 2.24) is 4.98 Å². The van der Waals surface area contributed by atoms with E-state index in [1.807, 2.05) is 19.2 Å². The number of aryl methyl sites for hydroxylation is 1. The maximum absolute atomic E-state index is 5.22. The zero-order valence-corrected chi connectivity index (χ0v) is 10.1. The molecule has 0 saturated carbocycles. The molecule has 0 aliphatic carbocycles. The number of ether oxygens (including phenoxy) is 1. The number of aromatic nitrogens is 1. The Hall–Kier alpha value is -0.960. The van der Waals surface area contributed by atoms with Gasteiger partial charge in [-0.25, -0.2) is 0 Å². The second kappa shape index (κ2) is 6.51. The Morgan fingerprint density at radius 1 is 1.40 bits per heavy atom. The third kappa shape index (κ3) is 3.96. The van der Waals surface area contributed by atoms with Crippen molar-refractivity contribution in [3.8, 4) is 0 Å². The highest BCUT2D eigenvalue weighted by atomic mass is 32.1. The Bertz CT molecular complexity index is 308. The second-order valence-electron chi connectivity index (χ2n) is 3.38. The molecule has 0 aromatic carbocycles. The number of hydrogen-bond acceptors (Lipinski definition) is 3. The molecule has 0 bridgehead atoms. The minimum Gasteiger partial charge on any atom is -0.482 e. The van der Waals surface area contributed by atoms with E-state index in [9.17, 15) is 0 Å². The molecule has 82 valence electrons. The monoisotopic (exact) mass is 223 g/mol. The van der Waals surface area contributed by atoms with Gasteiger partial charge in [-0.2, -0.15) is 0 Å². The standard InChI is InChI=1S/C12H17NOS/c1-3-5-6-10-7-8-11(13-9-10)12(15)14-4-2/h7-9H,3-6H2,1-2H3. The van der Waals surface area contributed by atoms with E-state index in [2.05, 4.69) is 18.0 Å². The third-order valence-corrected chi connectivity index (χ3v) is 2.46. The summed E-state index contributed by atoms with van der Waals surface area (Å²) in [5.74, 6) is 0. The first kappa shape index (κ1) is 12.1. The van der Waals surface area contributed by atoms with E-state index < -0.39 is 0 Å². The number of unbranched alkanes of at least 4 members (excludes halogenated alkanes) is 1. The number of pyridine rings is 1. The molecule has 0 amide bonds. The van der Waals surface area contributed by atoms with E-state index in [1.165, 1.54) is 18.4 Å². The van der Waals surface area contributed by atoms with Crippen LogP contribution >= 0.6 is 12.2 Å². The predicted molar refractivity (Wildman–Crippen MR) is 66.2 cm³/mol. The van der Waals surface area contributed by atoms with Gasteiger partial charge in [0.1, 0.15) is 5.69 Å². The van der Waals surface area contributed by atoms with Gasteiger partial charge in [-0.3, -0.25) is 4.98 Å². The van der Waals surface area contributed by atoms with Gasteiger partial charge in [0.2, 0.25) is 5.05 Å². The number of rotatable bonds is 5. The molecule has 1 rings (SSSR count). The quantitative estimate of drug-likeness (QED) is 0.716. The first-order valence-electron chi connectivity index (χ1n) is 5.40. The molecule has 0 N–H and O–H groups in total. The van der Waals surface area contributed by atoms with Crippen molar-refractivity contribution in [1.29, 1.82) is 0 Å². The highest BCUT2D eigenvalue weighted by molar-refractivity contribution is 7.80. The highest BCUT2D eigenvalue weighted by Crippen LogP contribution is 2.06. The van der Waals surface area contributed by atoms with Crippen LogP contribution in [0.2, 0.25) is 0 Å². The minimum atomic E-state index is 0.486. The summed E-state index contributed by atoms with van der Waals surface area (Å²) < 4.78 is 5.22. The van der Waals surface area contributed by atoms with Gasteiger partial charge in [-0.05, 0) is 43.6 Å². The van der Waals surface area contributed by atoms with Crippen LogP contribution in [0.25, 0.3) is 0 Å². The summed E-state index contributed by atoms with van der Waals surface area (Å²) in [7, 11) is 0. The van der Waals surface area contributed by atoms with Gasteiger partial charge in [0.15, 0.2) is 0 Å². The molecule has 1 heterocycles. The smallest absolute Gasteiger partial charge is 0.210 e. The Morgan fingerprint density at radius 2 is 2.20 bits per heavy atom. The van der Waals surface area contributed by atoms with Crippen LogP contribution in [0.15, 0.2) is 18.3 Å². The summed E-state index contributed by atoms with van der Waals surface area (Å²) in [4.78, 5) is 4.28. The molecule has 1 aromatic heterocycles. The molecule has 0 saturated heterocycles. The Balaban J connectivity index is 2.59. The molecule has 0 aliphatic heterocycles. The molecule has 2 nitrogen and oxygen atoms in total. The Morgan fingerprint density at radius 3 is 2.73 bits per heavy atom. The lowest BCUT2D eigenvalue weighted by molar-refractivity contribution is 0.336. The maximum Gasteiger partial charge on any atom is 0.210 e. The molecule has 1 aromatic rings. The second-order valence-corrected chi connectivity index (χ2v) is 3.75. The van der Waals surface area contributed by atoms with Crippen molar-refractivity contribution in [2.75, 3.05) is 6.61 Å². The van der Waals surface area contributed by atoms with Gasteiger partial charge in [0, 0.05) is 6.20 Å². The maximum atomic E-state index is 5.22. The van der Waals surface area contributed by atoms with E-state index in [-0.39, 0.29) is 0 Å². The number of nitrogens with zero attached hydrogens (tertiary/aromatic N) is 1. The van der Waals surface area contributed by atoms with Crippen molar-refractivity contribution in [3.63, 3.8) is 0 Å². The minimum absolute atomic E-state index is 0.486. The van der Waals surface area contributed by atoms with E-state index >= 15 is 0 Å². The van der Waals surface area contributed by atoms with Gasteiger partial charge in [-0.1, -0.05) is 19.4 Å². The topological polar surface area (TPSA) is 22.1 Å². The van der Waals surface area contributed by atoms with Crippen molar-refractivity contribution in [2.24, 2.45) is 0 Å². The largest absolute Gasteiger partial charge is 0.482 e. The number of hydrogen-bond donors (Lipinski definition) is 0. The third-order valence-electron chi connectivity index (χ3n) is 2.13. The average Bonchev–Trinajstić information content (AvgIpc) is 2.27. The molecule has 0 spiro atoms. The van der Waals surface area contributed by atoms with Crippen LogP contribution in [-0.4, -0.2) is 16.6 Å². The van der Waals surface area contributed by atoms with Crippen molar-refractivity contribution >= 4 is 17.3 Å². The van der Waals surface area contributed by atoms with Gasteiger partial charge in [-0.15, -0.1) is 0 Å². The fourth-order valence-corrected chi connectivity index (χ4v) is 1.52. The van der Waals surface area contributed by atoms with Crippen LogP contribution in [0.5, 0.6) is 0 Å². The van der Waals surface area contributed by atoms with Crippen molar-refractivity contribution in [2.45, 2.75) is 33.1 Å². The Kier molecular flexibility index (Phi) is 5.26. The predicted octanol–water partition coefficient (Wildman–Crippen LogP) is 3.14. The van der Waals surface area contributed by atoms with Crippen LogP contribution in [0.3, 0.4) is 0 Å². The van der Waals surface area contributed by atoms with Crippen LogP contribution in [0, 0.1) is 0 Å². The summed E-state index contributed by atoms with van der Waals surface area (Å²) in [5, 5.41) is 0.486. The summed E-state index contributed by atoms with van der Waals surface area (Å²) in [5.41, 5.74) is 2.02. The fraction of sp³-hybridized carbons (Fsp3) is 0.500. The van der Waals surface area contributed by atoms with Gasteiger partial charge in [0.25, 0.3) is 0 Å². The van der Waals surface area contributed by atoms with E-state index in [4.69, 9.17) is 17.0 Å². The first-order chi connectivity index (χ1) is 7.27. The molecular formula is C12H17NOS. The van der Waals surface area contributed by atoms with Crippen LogP contribution in [0.4, 0.5) is 0 Å². The van der Waals surface area contributed by atoms with Crippen molar-refractivity contribution in [3.05, 3.63) is 29.6 Å². The first-order valence-corrected chi connectivity index (χ1v) is 5.80. The fourth-order valence-electron chi connectivity index (χ4n) is 1.28. The van der Waals surface area contributed by atoms with E-state index in [0.717, 1.165) is 12.1 Å². The highest BCUT2D eigenvalue weighted by Gasteiger charge is 2.02. The normalized spacial score (nSPS) is 10.0. The van der Waals surface area contributed by atoms with Crippen LogP contribution < -0.4 is 0 Å². The Labute approximate surface area is 96.7 Å². The molecule has 0 atom stereocenters. The lowest BCUT2D eigenvalue weighted by Crippen LogP contribution is -2.05. The van der Waals surface area contributed by atoms with Crippen LogP contribution in [-0.2, 0) is 11.2 Å². The van der Waals surface area contributed by atoms with Crippen LogP contribution in [0.1, 0.15) is 37.9 Å². The molecular weight excluding hydrogens is 206 g/mol. The SMILES string of the molecule is CCCCc1ccc(C(=S)OCC)nc1. The van der Waals surface area contributed by atoms with E-state index in [1.54, 1.807) is 0 Å². The molecule has 0 radical (unpaired) electrons. The molecule has 15 heavy (non-hydrogen) atoms. The number of thiocarbonyl (C=S) groups is 1. The van der Waals surface area contributed by atoms with Gasteiger partial charge >= 0.3 is 0 Å². The summed E-state index contributed by atoms with van der Waals surface area (Å²) in [6.45, 7) is 4.70. The molecule has 3 heteroatoms. The molecule has 0 fully saturated rings.